The number of hydrazone groups is 1. The molecule has 3 N–H and O–H groups in total. The van der Waals surface area contributed by atoms with Gasteiger partial charge in [0.25, 0.3) is 5.91 Å². The van der Waals surface area contributed by atoms with E-state index in [0.717, 1.165) is 34.7 Å². The normalized spacial score (nSPS) is 22.5. The van der Waals surface area contributed by atoms with Crippen molar-refractivity contribution >= 4 is 28.6 Å². The average molecular weight is 353 g/mol. The van der Waals surface area contributed by atoms with Crippen molar-refractivity contribution in [1.29, 1.82) is 0 Å². The summed E-state index contributed by atoms with van der Waals surface area (Å²) in [5, 5.41) is 4.31. The molecule has 1 aromatic heterocycles. The van der Waals surface area contributed by atoms with Gasteiger partial charge in [0, 0.05) is 16.5 Å². The molecule has 2 atom stereocenters. The van der Waals surface area contributed by atoms with Gasteiger partial charge < -0.3 is 10.5 Å². The van der Waals surface area contributed by atoms with Crippen LogP contribution in [0, 0.1) is 11.8 Å². The van der Waals surface area contributed by atoms with E-state index >= 15 is 0 Å². The molecule has 2 aliphatic carbocycles. The SMILES string of the molecule is COc1ccc(-c2cc(N)c(C(=O)N/N=C3/C[C@H]4C=CC[C@@H]34)s2)cc1. The molecule has 2 aliphatic rings. The van der Waals surface area contributed by atoms with Crippen LogP contribution in [0.3, 0.4) is 0 Å². The van der Waals surface area contributed by atoms with Gasteiger partial charge in [-0.1, -0.05) is 12.2 Å². The number of benzene rings is 1. The van der Waals surface area contributed by atoms with Gasteiger partial charge in [0.2, 0.25) is 0 Å². The van der Waals surface area contributed by atoms with E-state index in [1.807, 2.05) is 30.3 Å². The molecular formula is C19H19N3O2S. The first-order valence-electron chi connectivity index (χ1n) is 8.23. The quantitative estimate of drug-likeness (QED) is 0.650. The summed E-state index contributed by atoms with van der Waals surface area (Å²) in [5.41, 5.74) is 11.3. The average Bonchev–Trinajstić information content (AvgIpc) is 3.18. The van der Waals surface area contributed by atoms with Crippen LogP contribution >= 0.6 is 11.3 Å². The van der Waals surface area contributed by atoms with Crippen LogP contribution in [0.2, 0.25) is 0 Å². The van der Waals surface area contributed by atoms with E-state index in [2.05, 4.69) is 22.7 Å². The third-order valence-electron chi connectivity index (χ3n) is 4.81. The summed E-state index contributed by atoms with van der Waals surface area (Å²) in [6.07, 6.45) is 6.41. The molecule has 0 radical (unpaired) electrons. The zero-order valence-corrected chi connectivity index (χ0v) is 14.7. The van der Waals surface area contributed by atoms with E-state index < -0.39 is 0 Å². The van der Waals surface area contributed by atoms with Crippen LogP contribution in [0.1, 0.15) is 22.5 Å². The molecular weight excluding hydrogens is 334 g/mol. The lowest BCUT2D eigenvalue weighted by atomic mass is 9.74. The Bertz CT molecular complexity index is 867. The summed E-state index contributed by atoms with van der Waals surface area (Å²) in [5.74, 6) is 1.64. The molecule has 25 heavy (non-hydrogen) atoms. The highest BCUT2D eigenvalue weighted by molar-refractivity contribution is 7.18. The number of rotatable bonds is 4. The monoisotopic (exact) mass is 353 g/mol. The lowest BCUT2D eigenvalue weighted by Crippen LogP contribution is -2.35. The summed E-state index contributed by atoms with van der Waals surface area (Å²) in [7, 11) is 1.63. The molecule has 0 bridgehead atoms. The number of ether oxygens (including phenoxy) is 1. The Balaban J connectivity index is 1.47. The Morgan fingerprint density at radius 2 is 2.16 bits per heavy atom. The number of nitrogens with zero attached hydrogens (tertiary/aromatic N) is 1. The van der Waals surface area contributed by atoms with Gasteiger partial charge in [0.15, 0.2) is 0 Å². The van der Waals surface area contributed by atoms with Gasteiger partial charge in [-0.3, -0.25) is 4.79 Å². The van der Waals surface area contributed by atoms with Crippen molar-refractivity contribution in [3.8, 4) is 16.2 Å². The van der Waals surface area contributed by atoms with Gasteiger partial charge >= 0.3 is 0 Å². The Morgan fingerprint density at radius 1 is 1.36 bits per heavy atom. The minimum Gasteiger partial charge on any atom is -0.497 e. The molecule has 2 aromatic rings. The number of amides is 1. The van der Waals surface area contributed by atoms with Crippen molar-refractivity contribution in [2.24, 2.45) is 16.9 Å². The Labute approximate surface area is 150 Å². The molecule has 1 fully saturated rings. The topological polar surface area (TPSA) is 76.7 Å². The van der Waals surface area contributed by atoms with Crippen molar-refractivity contribution in [1.82, 2.24) is 5.43 Å². The molecule has 0 aliphatic heterocycles. The number of carbonyl (C=O) groups excluding carboxylic acids is 1. The van der Waals surface area contributed by atoms with Gasteiger partial charge in [-0.05, 0) is 54.7 Å². The van der Waals surface area contributed by atoms with Gasteiger partial charge in [-0.25, -0.2) is 5.43 Å². The zero-order chi connectivity index (χ0) is 17.4. The molecule has 1 saturated carbocycles. The Hall–Kier alpha value is -2.60. The first-order chi connectivity index (χ1) is 12.2. The number of fused-ring (bicyclic) bond motifs is 1. The van der Waals surface area contributed by atoms with E-state index in [1.54, 1.807) is 7.11 Å². The van der Waals surface area contributed by atoms with E-state index in [1.165, 1.54) is 11.3 Å². The summed E-state index contributed by atoms with van der Waals surface area (Å²) in [4.78, 5) is 13.9. The smallest absolute Gasteiger partial charge is 0.283 e. The van der Waals surface area contributed by atoms with Crippen molar-refractivity contribution in [2.45, 2.75) is 12.8 Å². The third-order valence-corrected chi connectivity index (χ3v) is 6.00. The van der Waals surface area contributed by atoms with E-state index in [-0.39, 0.29) is 5.91 Å². The Kier molecular flexibility index (Phi) is 4.05. The fourth-order valence-electron chi connectivity index (χ4n) is 3.32. The Morgan fingerprint density at radius 3 is 2.88 bits per heavy atom. The molecule has 0 unspecified atom stereocenters. The second-order valence-electron chi connectivity index (χ2n) is 6.31. The fourth-order valence-corrected chi connectivity index (χ4v) is 4.29. The van der Waals surface area contributed by atoms with E-state index in [9.17, 15) is 4.79 Å². The maximum atomic E-state index is 12.4. The largest absolute Gasteiger partial charge is 0.497 e. The predicted octanol–water partition coefficient (Wildman–Crippen LogP) is 3.69. The van der Waals surface area contributed by atoms with Crippen LogP contribution in [-0.4, -0.2) is 18.7 Å². The number of nitrogens with two attached hydrogens (primary N) is 1. The van der Waals surface area contributed by atoms with Crippen LogP contribution in [0.4, 0.5) is 5.69 Å². The molecule has 0 saturated heterocycles. The highest BCUT2D eigenvalue weighted by Crippen LogP contribution is 2.40. The van der Waals surface area contributed by atoms with E-state index in [4.69, 9.17) is 10.5 Å². The van der Waals surface area contributed by atoms with Crippen molar-refractivity contribution in [3.63, 3.8) is 0 Å². The second-order valence-corrected chi connectivity index (χ2v) is 7.36. The highest BCUT2D eigenvalue weighted by Gasteiger charge is 2.38. The maximum absolute atomic E-state index is 12.4. The second kappa shape index (κ2) is 6.37. The van der Waals surface area contributed by atoms with Gasteiger partial charge in [0.1, 0.15) is 10.6 Å². The molecule has 0 spiro atoms. The molecule has 1 heterocycles. The highest BCUT2D eigenvalue weighted by atomic mass is 32.1. The first kappa shape index (κ1) is 15.9. The standard InChI is InChI=1S/C19H19N3O2S/c1-24-13-7-5-11(6-8-13)17-10-15(20)18(25-17)19(23)22-21-16-9-12-3-2-4-14(12)16/h2-3,5-8,10,12,14H,4,9,20H2,1H3,(H,22,23)/b21-16-/t12-,14-/m1/s1. The number of thiophene rings is 1. The number of nitrogen functional groups attached to an aromatic ring is 1. The minimum absolute atomic E-state index is 0.246. The molecule has 128 valence electrons. The maximum Gasteiger partial charge on any atom is 0.283 e. The van der Waals surface area contributed by atoms with Crippen LogP contribution in [-0.2, 0) is 0 Å². The lowest BCUT2D eigenvalue weighted by molar-refractivity contribution is 0.0959. The lowest BCUT2D eigenvalue weighted by Gasteiger charge is -2.31. The molecule has 1 amide bonds. The van der Waals surface area contributed by atoms with Crippen LogP contribution in [0.25, 0.3) is 10.4 Å². The number of hydrogen-bond acceptors (Lipinski definition) is 5. The fraction of sp³-hybridized carbons (Fsp3) is 0.263. The van der Waals surface area contributed by atoms with Gasteiger partial charge in [-0.15, -0.1) is 11.3 Å². The molecule has 6 heteroatoms. The van der Waals surface area contributed by atoms with Crippen molar-refractivity contribution < 1.29 is 9.53 Å². The number of carbonyl (C=O) groups is 1. The van der Waals surface area contributed by atoms with Crippen LogP contribution in [0.5, 0.6) is 5.75 Å². The number of nitrogens with one attached hydrogen (secondary N) is 1. The zero-order valence-electron chi connectivity index (χ0n) is 13.9. The van der Waals surface area contributed by atoms with Crippen LogP contribution < -0.4 is 15.9 Å². The first-order valence-corrected chi connectivity index (χ1v) is 9.04. The number of hydrogen-bond donors (Lipinski definition) is 2. The van der Waals surface area contributed by atoms with Gasteiger partial charge in [-0.2, -0.15) is 5.10 Å². The predicted molar refractivity (Wildman–Crippen MR) is 101 cm³/mol. The summed E-state index contributed by atoms with van der Waals surface area (Å²) >= 11 is 1.37. The summed E-state index contributed by atoms with van der Waals surface area (Å²) in [6.45, 7) is 0. The number of allylic oxidation sites excluding steroid dienone is 2. The summed E-state index contributed by atoms with van der Waals surface area (Å²) in [6, 6.07) is 9.51. The van der Waals surface area contributed by atoms with E-state index in [0.29, 0.717) is 22.4 Å². The minimum atomic E-state index is -0.246. The molecule has 4 rings (SSSR count). The molecule has 1 aromatic carbocycles. The summed E-state index contributed by atoms with van der Waals surface area (Å²) < 4.78 is 5.17. The van der Waals surface area contributed by atoms with Gasteiger partial charge in [0.05, 0.1) is 12.8 Å². The van der Waals surface area contributed by atoms with Crippen molar-refractivity contribution in [3.05, 3.63) is 47.4 Å². The number of anilines is 1. The third kappa shape index (κ3) is 2.93. The van der Waals surface area contributed by atoms with Crippen LogP contribution in [0.15, 0.2) is 47.6 Å². The number of methoxy groups -OCH3 is 1. The molecule has 5 nitrogen and oxygen atoms in total. The van der Waals surface area contributed by atoms with Crippen molar-refractivity contribution in [2.75, 3.05) is 12.8 Å².